The van der Waals surface area contributed by atoms with Crippen molar-refractivity contribution in [1.82, 2.24) is 5.32 Å². The monoisotopic (exact) mass is 547 g/mol. The summed E-state index contributed by atoms with van der Waals surface area (Å²) in [6.45, 7) is 10.7. The minimum Gasteiger partial charge on any atom is -0.481 e. The number of aliphatic hydroxyl groups excluding tert-OH is 1. The maximum absolute atomic E-state index is 12.3. The van der Waals surface area contributed by atoms with E-state index in [-0.39, 0.29) is 35.5 Å². The van der Waals surface area contributed by atoms with E-state index >= 15 is 0 Å². The van der Waals surface area contributed by atoms with Crippen molar-refractivity contribution in [2.45, 2.75) is 116 Å². The molecule has 0 aromatic heterocycles. The number of hydrogen-bond acceptors (Lipinski definition) is 7. The van der Waals surface area contributed by atoms with Gasteiger partial charge in [-0.25, -0.2) is 0 Å². The van der Waals surface area contributed by atoms with E-state index in [1.54, 1.807) is 19.9 Å². The van der Waals surface area contributed by atoms with E-state index in [1.807, 2.05) is 26.0 Å². The van der Waals surface area contributed by atoms with Gasteiger partial charge in [0.25, 0.3) is 0 Å². The number of aliphatic carboxylic acids is 1. The number of allylic oxidation sites excluding steroid dienone is 2. The molecule has 1 unspecified atom stereocenters. The summed E-state index contributed by atoms with van der Waals surface area (Å²) < 4.78 is 17.3. The summed E-state index contributed by atoms with van der Waals surface area (Å²) in [4.78, 5) is 34.9. The molecule has 2 aliphatic heterocycles. The fourth-order valence-corrected chi connectivity index (χ4v) is 5.54. The lowest BCUT2D eigenvalue weighted by Gasteiger charge is -2.40. The van der Waals surface area contributed by atoms with Gasteiger partial charge in [0.05, 0.1) is 36.4 Å². The molecular formula is C30H45NO8. The molecule has 39 heavy (non-hydrogen) atoms. The van der Waals surface area contributed by atoms with E-state index in [2.05, 4.69) is 18.3 Å². The number of hydrogen-bond donors (Lipinski definition) is 3. The Kier molecular flexibility index (Phi) is 10.5. The molecular weight excluding hydrogens is 502 g/mol. The van der Waals surface area contributed by atoms with Crippen LogP contribution < -0.4 is 5.32 Å². The van der Waals surface area contributed by atoms with Gasteiger partial charge in [-0.1, -0.05) is 30.7 Å². The SMILES string of the molecule is CC(=O)O[C@@H](C)/C=C\C(=O)N[C@@H]1C[C@H](C)[C@H](C/C=C(C)/C=C/[C@H]2O[C@H](C(C)C(=O)O)CC3(CC3)[C@@H]2O)O[C@@H]1C. The molecule has 9 nitrogen and oxygen atoms in total. The van der Waals surface area contributed by atoms with Gasteiger partial charge in [-0.3, -0.25) is 14.4 Å². The summed E-state index contributed by atoms with van der Waals surface area (Å²) in [6.07, 6.45) is 10.5. The van der Waals surface area contributed by atoms with Crippen molar-refractivity contribution in [2.24, 2.45) is 17.3 Å². The number of esters is 1. The van der Waals surface area contributed by atoms with Crippen molar-refractivity contribution in [2.75, 3.05) is 0 Å². The highest BCUT2D eigenvalue weighted by molar-refractivity contribution is 5.87. The number of carboxylic acids is 1. The van der Waals surface area contributed by atoms with Crippen LogP contribution in [0.1, 0.15) is 73.6 Å². The topological polar surface area (TPSA) is 131 Å². The number of nitrogens with one attached hydrogen (secondary N) is 1. The van der Waals surface area contributed by atoms with Crippen LogP contribution in [0, 0.1) is 17.3 Å². The van der Waals surface area contributed by atoms with Crippen LogP contribution in [0.3, 0.4) is 0 Å². The Hall–Kier alpha value is -2.49. The summed E-state index contributed by atoms with van der Waals surface area (Å²) in [5, 5.41) is 23.3. The van der Waals surface area contributed by atoms with Crippen molar-refractivity contribution in [3.8, 4) is 0 Å². The fraction of sp³-hybridized carbons (Fsp3) is 0.700. The van der Waals surface area contributed by atoms with E-state index in [9.17, 15) is 24.6 Å². The molecule has 0 aromatic rings. The first-order valence-corrected chi connectivity index (χ1v) is 14.0. The minimum atomic E-state index is -0.881. The Morgan fingerprint density at radius 1 is 1.13 bits per heavy atom. The van der Waals surface area contributed by atoms with Crippen molar-refractivity contribution in [1.29, 1.82) is 0 Å². The average Bonchev–Trinajstić information content (AvgIpc) is 3.63. The summed E-state index contributed by atoms with van der Waals surface area (Å²) in [7, 11) is 0. The molecule has 1 aliphatic carbocycles. The molecule has 0 aromatic carbocycles. The molecule has 1 spiro atoms. The zero-order valence-electron chi connectivity index (χ0n) is 24.0. The van der Waals surface area contributed by atoms with E-state index in [0.717, 1.165) is 24.8 Å². The quantitative estimate of drug-likeness (QED) is 0.214. The van der Waals surface area contributed by atoms with Crippen molar-refractivity contribution >= 4 is 17.8 Å². The Morgan fingerprint density at radius 2 is 1.82 bits per heavy atom. The standard InChI is InChI=1S/C30H45NO8/c1-17(8-11-25-28(34)30(13-14-30)16-26(39-25)20(4)29(35)36)7-10-24-18(2)15-23(21(5)38-24)31-27(33)12-9-19(3)37-22(6)32/h7-9,11-12,18-21,23-26,28,34H,10,13-16H2,1-6H3,(H,31,33)(H,35,36)/b11-8+,12-9-,17-7+/t18-,19-,20?,21+,23+,24-,25+,26-,28+/m0/s1. The van der Waals surface area contributed by atoms with Gasteiger partial charge >= 0.3 is 11.9 Å². The lowest BCUT2D eigenvalue weighted by atomic mass is 9.82. The summed E-state index contributed by atoms with van der Waals surface area (Å²) in [6, 6.07) is -0.122. The molecule has 9 atom stereocenters. The van der Waals surface area contributed by atoms with E-state index < -0.39 is 42.3 Å². The largest absolute Gasteiger partial charge is 0.481 e. The van der Waals surface area contributed by atoms with Crippen LogP contribution in [0.25, 0.3) is 0 Å². The van der Waals surface area contributed by atoms with E-state index in [0.29, 0.717) is 12.8 Å². The van der Waals surface area contributed by atoms with Crippen LogP contribution in [-0.2, 0) is 28.6 Å². The number of aliphatic hydroxyl groups is 1. The minimum absolute atomic E-state index is 0.00286. The molecule has 0 bridgehead atoms. The summed E-state index contributed by atoms with van der Waals surface area (Å²) in [5.74, 6) is -1.93. The van der Waals surface area contributed by atoms with Crippen molar-refractivity contribution in [3.05, 3.63) is 36.0 Å². The Balaban J connectivity index is 1.51. The third kappa shape index (κ3) is 8.50. The molecule has 1 saturated carbocycles. The highest BCUT2D eigenvalue weighted by Crippen LogP contribution is 2.57. The Bertz CT molecular complexity index is 983. The first-order valence-electron chi connectivity index (χ1n) is 14.0. The lowest BCUT2D eigenvalue weighted by molar-refractivity contribution is -0.168. The van der Waals surface area contributed by atoms with Gasteiger partial charge in [-0.2, -0.15) is 0 Å². The zero-order valence-corrected chi connectivity index (χ0v) is 24.0. The van der Waals surface area contributed by atoms with E-state index in [1.165, 1.54) is 13.0 Å². The molecule has 3 fully saturated rings. The molecule has 9 heteroatoms. The highest BCUT2D eigenvalue weighted by atomic mass is 16.5. The average molecular weight is 548 g/mol. The number of amides is 1. The second kappa shape index (κ2) is 13.2. The normalized spacial score (nSPS) is 34.1. The second-order valence-corrected chi connectivity index (χ2v) is 11.7. The van der Waals surface area contributed by atoms with Gasteiger partial charge < -0.3 is 29.7 Å². The fourth-order valence-electron chi connectivity index (χ4n) is 5.54. The molecule has 3 rings (SSSR count). The van der Waals surface area contributed by atoms with Crippen LogP contribution in [0.5, 0.6) is 0 Å². The molecule has 0 radical (unpaired) electrons. The van der Waals surface area contributed by atoms with Crippen molar-refractivity contribution < 1.29 is 38.8 Å². The number of carboxylic acid groups (broad SMARTS) is 1. The third-order valence-corrected chi connectivity index (χ3v) is 8.35. The number of rotatable bonds is 10. The van der Waals surface area contributed by atoms with Gasteiger partial charge in [0.1, 0.15) is 12.2 Å². The van der Waals surface area contributed by atoms with Gasteiger partial charge in [-0.15, -0.1) is 0 Å². The third-order valence-electron chi connectivity index (χ3n) is 8.35. The number of carbonyl (C=O) groups is 3. The Morgan fingerprint density at radius 3 is 2.44 bits per heavy atom. The predicted molar refractivity (Wildman–Crippen MR) is 146 cm³/mol. The molecule has 2 saturated heterocycles. The predicted octanol–water partition coefficient (Wildman–Crippen LogP) is 3.70. The summed E-state index contributed by atoms with van der Waals surface area (Å²) in [5.41, 5.74) is 0.790. The first-order chi connectivity index (χ1) is 18.3. The van der Waals surface area contributed by atoms with Crippen LogP contribution >= 0.6 is 0 Å². The summed E-state index contributed by atoms with van der Waals surface area (Å²) >= 11 is 0. The van der Waals surface area contributed by atoms with Crippen LogP contribution in [0.15, 0.2) is 36.0 Å². The van der Waals surface area contributed by atoms with Gasteiger partial charge in [0, 0.05) is 18.4 Å². The van der Waals surface area contributed by atoms with Crippen molar-refractivity contribution in [3.63, 3.8) is 0 Å². The van der Waals surface area contributed by atoms with Crippen LogP contribution in [0.2, 0.25) is 0 Å². The molecule has 3 aliphatic rings. The molecule has 1 amide bonds. The number of carbonyl (C=O) groups excluding carboxylic acids is 2. The maximum Gasteiger partial charge on any atom is 0.308 e. The van der Waals surface area contributed by atoms with Crippen LogP contribution in [0.4, 0.5) is 0 Å². The lowest BCUT2D eigenvalue weighted by Crippen LogP contribution is -2.50. The van der Waals surface area contributed by atoms with Gasteiger partial charge in [0.2, 0.25) is 5.91 Å². The zero-order chi connectivity index (χ0) is 28.9. The van der Waals surface area contributed by atoms with Crippen LogP contribution in [-0.4, -0.2) is 70.7 Å². The van der Waals surface area contributed by atoms with Gasteiger partial charge in [0.15, 0.2) is 0 Å². The number of ether oxygens (including phenoxy) is 3. The smallest absolute Gasteiger partial charge is 0.308 e. The molecule has 3 N–H and O–H groups in total. The second-order valence-electron chi connectivity index (χ2n) is 11.7. The van der Waals surface area contributed by atoms with E-state index in [4.69, 9.17) is 14.2 Å². The molecule has 218 valence electrons. The first kappa shape index (κ1) is 31.0. The molecule has 2 heterocycles. The maximum atomic E-state index is 12.3. The Labute approximate surface area is 231 Å². The highest BCUT2D eigenvalue weighted by Gasteiger charge is 2.57. The van der Waals surface area contributed by atoms with Gasteiger partial charge in [-0.05, 0) is 71.8 Å².